The topological polar surface area (TPSA) is 228 Å². The van der Waals surface area contributed by atoms with Gasteiger partial charge >= 0.3 is 0 Å². The van der Waals surface area contributed by atoms with E-state index >= 15 is 0 Å². The van der Waals surface area contributed by atoms with E-state index in [0.717, 1.165) is 109 Å². The van der Waals surface area contributed by atoms with E-state index < -0.39 is 86.8 Å². The first-order valence-electron chi connectivity index (χ1n) is 41.1. The second-order valence-corrected chi connectivity index (χ2v) is 28.1. The molecule has 2 heterocycles. The third kappa shape index (κ3) is 52.0. The summed E-state index contributed by atoms with van der Waals surface area (Å²) in [6, 6.07) is -0.952. The Hall–Kier alpha value is -4.13. The first kappa shape index (κ1) is 94.0. The van der Waals surface area contributed by atoms with E-state index in [1.807, 2.05) is 6.08 Å². The van der Waals surface area contributed by atoms with Gasteiger partial charge in [-0.1, -0.05) is 333 Å². The van der Waals surface area contributed by atoms with E-state index in [9.17, 15) is 45.6 Å². The summed E-state index contributed by atoms with van der Waals surface area (Å²) in [5.41, 5.74) is 0. The molecule has 9 N–H and O–H groups in total. The van der Waals surface area contributed by atoms with E-state index in [-0.39, 0.29) is 18.9 Å². The third-order valence-electron chi connectivity index (χ3n) is 19.0. The van der Waals surface area contributed by atoms with E-state index in [0.29, 0.717) is 12.8 Å². The zero-order chi connectivity index (χ0) is 73.7. The Morgan fingerprint density at radius 1 is 0.363 bits per heavy atom. The van der Waals surface area contributed by atoms with Gasteiger partial charge in [-0.2, -0.15) is 0 Å². The fourth-order valence-corrected chi connectivity index (χ4v) is 12.6. The van der Waals surface area contributed by atoms with Gasteiger partial charge in [0.2, 0.25) is 5.91 Å². The maximum atomic E-state index is 13.4. The molecule has 2 rings (SSSR count). The smallest absolute Gasteiger partial charge is 0.220 e. The second-order valence-electron chi connectivity index (χ2n) is 28.1. The number of aliphatic hydroxyl groups is 8. The molecule has 102 heavy (non-hydrogen) atoms. The van der Waals surface area contributed by atoms with Crippen molar-refractivity contribution in [3.8, 4) is 0 Å². The molecule has 14 heteroatoms. The van der Waals surface area contributed by atoms with Crippen molar-refractivity contribution < 1.29 is 64.6 Å². The molecule has 14 nitrogen and oxygen atoms in total. The van der Waals surface area contributed by atoms with Gasteiger partial charge in [-0.05, 0) is 116 Å². The highest BCUT2D eigenvalue weighted by molar-refractivity contribution is 5.76. The van der Waals surface area contributed by atoms with Gasteiger partial charge in [0.15, 0.2) is 12.6 Å². The number of aliphatic hydroxyl groups excluding tert-OH is 8. The van der Waals surface area contributed by atoms with Gasteiger partial charge in [0.1, 0.15) is 48.8 Å². The number of nitrogens with one attached hydrogen (secondary N) is 1. The van der Waals surface area contributed by atoms with E-state index in [1.165, 1.54) is 167 Å². The normalized spacial score (nSPS) is 22.5. The van der Waals surface area contributed by atoms with E-state index in [4.69, 9.17) is 18.9 Å². The lowest BCUT2D eigenvalue weighted by atomic mass is 9.97. The Balaban J connectivity index is 1.64. The van der Waals surface area contributed by atoms with Crippen molar-refractivity contribution in [2.75, 3.05) is 19.8 Å². The number of carbonyl (C=O) groups excluding carboxylic acids is 1. The molecular weight excluding hydrogens is 1280 g/mol. The van der Waals surface area contributed by atoms with Crippen LogP contribution in [0.4, 0.5) is 0 Å². The van der Waals surface area contributed by atoms with Crippen LogP contribution >= 0.6 is 0 Å². The molecule has 2 saturated heterocycles. The Labute approximate surface area is 621 Å². The molecule has 0 aliphatic carbocycles. The number of amides is 1. The van der Waals surface area contributed by atoms with Crippen LogP contribution in [-0.2, 0) is 23.7 Å². The molecular formula is C88H149NO13. The van der Waals surface area contributed by atoms with Crippen molar-refractivity contribution in [2.24, 2.45) is 0 Å². The highest BCUT2D eigenvalue weighted by atomic mass is 16.7. The Morgan fingerprint density at radius 3 is 1.08 bits per heavy atom. The van der Waals surface area contributed by atoms with Gasteiger partial charge in [0, 0.05) is 6.42 Å². The third-order valence-corrected chi connectivity index (χ3v) is 19.0. The number of hydrogen-bond donors (Lipinski definition) is 9. The number of ether oxygens (including phenoxy) is 4. The summed E-state index contributed by atoms with van der Waals surface area (Å²) in [4.78, 5) is 13.4. The maximum absolute atomic E-state index is 13.4. The average molecular weight is 1430 g/mol. The molecule has 12 atom stereocenters. The molecule has 0 radical (unpaired) electrons. The van der Waals surface area contributed by atoms with Gasteiger partial charge in [-0.25, -0.2) is 0 Å². The van der Waals surface area contributed by atoms with Crippen molar-refractivity contribution in [2.45, 2.75) is 383 Å². The van der Waals surface area contributed by atoms with Gasteiger partial charge in [-0.15, -0.1) is 0 Å². The first-order valence-corrected chi connectivity index (χ1v) is 41.1. The quantitative estimate of drug-likeness (QED) is 0.0204. The summed E-state index contributed by atoms with van der Waals surface area (Å²) in [6.45, 7) is 2.68. The van der Waals surface area contributed by atoms with Crippen LogP contribution in [0.25, 0.3) is 0 Å². The van der Waals surface area contributed by atoms with Crippen LogP contribution in [0.3, 0.4) is 0 Å². The summed E-state index contributed by atoms with van der Waals surface area (Å²) < 4.78 is 22.9. The van der Waals surface area contributed by atoms with E-state index in [1.54, 1.807) is 6.08 Å². The maximum Gasteiger partial charge on any atom is 0.220 e. The van der Waals surface area contributed by atoms with Crippen LogP contribution in [-0.4, -0.2) is 140 Å². The average Bonchev–Trinajstić information content (AvgIpc) is 0.790. The van der Waals surface area contributed by atoms with Crippen molar-refractivity contribution in [3.05, 3.63) is 146 Å². The molecule has 2 fully saturated rings. The van der Waals surface area contributed by atoms with Crippen LogP contribution in [0.5, 0.6) is 0 Å². The summed E-state index contributed by atoms with van der Waals surface area (Å²) in [6.07, 6.45) is 89.2. The summed E-state index contributed by atoms with van der Waals surface area (Å²) in [5.74, 6) is -0.260. The van der Waals surface area contributed by atoms with Crippen molar-refractivity contribution in [1.29, 1.82) is 0 Å². The SMILES string of the molecule is CC/C=C\C/C=C\C/C=C\C/C=C\C/C=C\C/C=C\C/C=C\C/C=C\C/C=C\CCCCCCCCCCCCCC(=O)NC(COC1OC(CO)C(OC2OC(CO)C(O)C(O)C2O)C(O)C1O)C(O)/C=C/CC/C=C/CC/C=C/CCCCCCCCCCCCCCCCCCCCC. The van der Waals surface area contributed by atoms with Crippen molar-refractivity contribution >= 4 is 5.91 Å². The van der Waals surface area contributed by atoms with Crippen LogP contribution in [0.2, 0.25) is 0 Å². The van der Waals surface area contributed by atoms with Crippen LogP contribution in [0.1, 0.15) is 309 Å². The lowest BCUT2D eigenvalue weighted by molar-refractivity contribution is -0.359. The van der Waals surface area contributed by atoms with E-state index in [2.05, 4.69) is 153 Å². The molecule has 0 aromatic heterocycles. The number of rotatable bonds is 67. The molecule has 2 aliphatic rings. The predicted molar refractivity (Wildman–Crippen MR) is 424 cm³/mol. The minimum atomic E-state index is -1.80. The predicted octanol–water partition coefficient (Wildman–Crippen LogP) is 19.1. The minimum Gasteiger partial charge on any atom is -0.394 e. The Bertz CT molecular complexity index is 2280. The standard InChI is InChI=1S/C88H149NO13/c1-3-5-7-9-11-13-15-17-19-21-23-25-27-29-31-33-34-35-36-37-38-39-40-41-42-44-46-48-50-52-54-56-58-60-62-64-66-68-70-72-80(93)89-76(75-99-87-85(98)83(96)86(79(74-91)101-87)102-88-84(97)82(95)81(94)78(73-90)100-88)77(92)71-69-67-65-63-61-59-57-55-53-51-49-47-45-43-32-30-28-26-24-22-20-18-16-14-12-10-8-6-4-2/h5,7,11,13,17,19,23,25,29,31,34-35,37-38,40-41,44,46,53,55,61,63,69,71,76-79,81-88,90-92,94-98H,3-4,6,8-10,12,14-16,18,20-22,24,26-28,30,32-33,36,39,42-43,45,47-52,54,56-60,62,64-68,70,72-75H2,1-2H3,(H,89,93)/b7-5-,13-11-,19-17-,25-23-,31-29-,35-34-,38-37-,41-40-,46-44-,55-53+,63-61+,71-69+. The first-order chi connectivity index (χ1) is 50.1. The molecule has 2 aliphatic heterocycles. The van der Waals surface area contributed by atoms with Crippen LogP contribution in [0.15, 0.2) is 146 Å². The lowest BCUT2D eigenvalue weighted by Crippen LogP contribution is -2.65. The molecule has 0 saturated carbocycles. The lowest BCUT2D eigenvalue weighted by Gasteiger charge is -2.46. The van der Waals surface area contributed by atoms with Gasteiger partial charge < -0.3 is 65.1 Å². The highest BCUT2D eigenvalue weighted by Gasteiger charge is 2.51. The highest BCUT2D eigenvalue weighted by Crippen LogP contribution is 2.30. The molecule has 584 valence electrons. The van der Waals surface area contributed by atoms with Crippen molar-refractivity contribution in [1.82, 2.24) is 5.32 Å². The fraction of sp³-hybridized carbons (Fsp3) is 0.716. The van der Waals surface area contributed by atoms with Gasteiger partial charge in [-0.3, -0.25) is 4.79 Å². The summed E-state index contributed by atoms with van der Waals surface area (Å²) in [5, 5.41) is 87.7. The fourth-order valence-electron chi connectivity index (χ4n) is 12.6. The van der Waals surface area contributed by atoms with Gasteiger partial charge in [0.05, 0.1) is 32.0 Å². The minimum absolute atomic E-state index is 0.258. The summed E-state index contributed by atoms with van der Waals surface area (Å²) >= 11 is 0. The Kier molecular flexibility index (Phi) is 64.4. The zero-order valence-corrected chi connectivity index (χ0v) is 64.1. The van der Waals surface area contributed by atoms with Crippen molar-refractivity contribution in [3.63, 3.8) is 0 Å². The number of allylic oxidation sites excluding steroid dienone is 23. The number of hydrogen-bond acceptors (Lipinski definition) is 13. The van der Waals surface area contributed by atoms with Gasteiger partial charge in [0.25, 0.3) is 0 Å². The zero-order valence-electron chi connectivity index (χ0n) is 64.1. The second kappa shape index (κ2) is 69.9. The largest absolute Gasteiger partial charge is 0.394 e. The number of unbranched alkanes of at least 4 members (excludes halogenated alkanes) is 32. The Morgan fingerprint density at radius 2 is 0.686 bits per heavy atom. The molecule has 12 unspecified atom stereocenters. The molecule has 0 aromatic carbocycles. The molecule has 0 aromatic rings. The number of carbonyl (C=O) groups is 1. The monoisotopic (exact) mass is 1430 g/mol. The molecule has 0 spiro atoms. The van der Waals surface area contributed by atoms with Crippen LogP contribution in [0, 0.1) is 0 Å². The molecule has 0 bridgehead atoms. The molecule has 1 amide bonds. The summed E-state index contributed by atoms with van der Waals surface area (Å²) in [7, 11) is 0. The van der Waals surface area contributed by atoms with Crippen LogP contribution < -0.4 is 5.32 Å².